The zero-order chi connectivity index (χ0) is 17.0. The van der Waals surface area contributed by atoms with Gasteiger partial charge in [0.25, 0.3) is 0 Å². The molecule has 2 rings (SSSR count). The first-order valence-electron chi connectivity index (χ1n) is 8.42. The first-order valence-corrected chi connectivity index (χ1v) is 8.42. The summed E-state index contributed by atoms with van der Waals surface area (Å²) in [5.74, 6) is 0. The Morgan fingerprint density at radius 3 is 2.61 bits per heavy atom. The number of aliphatic imine (C=N–C) groups is 1. The number of rotatable bonds is 5. The zero-order valence-electron chi connectivity index (χ0n) is 15.1. The second-order valence-corrected chi connectivity index (χ2v) is 6.39. The molecule has 1 heterocycles. The highest BCUT2D eigenvalue weighted by Crippen LogP contribution is 2.38. The van der Waals surface area contributed by atoms with Crippen LogP contribution in [0.25, 0.3) is 0 Å². The van der Waals surface area contributed by atoms with Gasteiger partial charge in [-0.25, -0.2) is 0 Å². The standard InChI is InChI=1S/C21H28N2/c1-7-11-20-18(14-15(3)4)17(6)22-19-12-9-10-13-21(19)23(20)16(5)8-2/h7,9-10,12-14,16H,1,8,11H2,2-6H3. The summed E-state index contributed by atoms with van der Waals surface area (Å²) >= 11 is 0. The first-order chi connectivity index (χ1) is 11.0. The van der Waals surface area contributed by atoms with E-state index in [4.69, 9.17) is 4.99 Å². The van der Waals surface area contributed by atoms with Gasteiger partial charge in [0.1, 0.15) is 0 Å². The number of allylic oxidation sites excluding steroid dienone is 4. The number of hydrogen-bond acceptors (Lipinski definition) is 2. The quantitative estimate of drug-likeness (QED) is 0.592. The lowest BCUT2D eigenvalue weighted by Gasteiger charge is -2.33. The van der Waals surface area contributed by atoms with Gasteiger partial charge in [-0.1, -0.05) is 36.8 Å². The van der Waals surface area contributed by atoms with E-state index >= 15 is 0 Å². The van der Waals surface area contributed by atoms with E-state index in [1.807, 2.05) is 6.08 Å². The van der Waals surface area contributed by atoms with E-state index in [1.165, 1.54) is 22.5 Å². The second kappa shape index (κ2) is 7.45. The maximum absolute atomic E-state index is 4.91. The topological polar surface area (TPSA) is 15.6 Å². The Morgan fingerprint density at radius 1 is 1.30 bits per heavy atom. The summed E-state index contributed by atoms with van der Waals surface area (Å²) < 4.78 is 0. The molecule has 0 fully saturated rings. The fourth-order valence-corrected chi connectivity index (χ4v) is 2.99. The van der Waals surface area contributed by atoms with Crippen LogP contribution in [0.15, 0.2) is 64.8 Å². The molecule has 2 nitrogen and oxygen atoms in total. The largest absolute Gasteiger partial charge is 0.340 e. The molecule has 23 heavy (non-hydrogen) atoms. The molecule has 0 aromatic heterocycles. The number of nitrogens with zero attached hydrogens (tertiary/aromatic N) is 2. The molecule has 122 valence electrons. The van der Waals surface area contributed by atoms with Crippen molar-refractivity contribution < 1.29 is 0 Å². The summed E-state index contributed by atoms with van der Waals surface area (Å²) in [4.78, 5) is 7.36. The van der Waals surface area contributed by atoms with Crippen molar-refractivity contribution in [3.8, 4) is 0 Å². The Bertz CT molecular complexity index is 673. The highest BCUT2D eigenvalue weighted by atomic mass is 15.2. The molecule has 0 spiro atoms. The van der Waals surface area contributed by atoms with Crippen LogP contribution in [0.3, 0.4) is 0 Å². The Kier molecular flexibility index (Phi) is 5.59. The molecule has 1 aliphatic heterocycles. The Hall–Kier alpha value is -2.09. The summed E-state index contributed by atoms with van der Waals surface area (Å²) in [6, 6.07) is 8.84. The average Bonchev–Trinajstić information content (AvgIpc) is 2.63. The molecule has 2 heteroatoms. The van der Waals surface area contributed by atoms with Crippen molar-refractivity contribution >= 4 is 17.1 Å². The number of anilines is 1. The lowest BCUT2D eigenvalue weighted by molar-refractivity contribution is 0.658. The van der Waals surface area contributed by atoms with E-state index in [0.29, 0.717) is 6.04 Å². The van der Waals surface area contributed by atoms with Crippen LogP contribution in [-0.4, -0.2) is 11.8 Å². The van der Waals surface area contributed by atoms with Gasteiger partial charge in [0.15, 0.2) is 0 Å². The van der Waals surface area contributed by atoms with Gasteiger partial charge >= 0.3 is 0 Å². The molecule has 1 aliphatic rings. The number of fused-ring (bicyclic) bond motifs is 1. The van der Waals surface area contributed by atoms with Gasteiger partial charge in [-0.3, -0.25) is 4.99 Å². The molecular formula is C21H28N2. The highest BCUT2D eigenvalue weighted by Gasteiger charge is 2.25. The van der Waals surface area contributed by atoms with Crippen molar-refractivity contribution in [2.24, 2.45) is 4.99 Å². The third-order valence-corrected chi connectivity index (χ3v) is 4.22. The van der Waals surface area contributed by atoms with Crippen LogP contribution in [0, 0.1) is 0 Å². The molecule has 0 aliphatic carbocycles. The van der Waals surface area contributed by atoms with Gasteiger partial charge in [-0.2, -0.15) is 0 Å². The minimum Gasteiger partial charge on any atom is -0.340 e. The normalized spacial score (nSPS) is 15.5. The van der Waals surface area contributed by atoms with Gasteiger partial charge in [0.2, 0.25) is 0 Å². The number of para-hydroxylation sites is 2. The number of hydrogen-bond donors (Lipinski definition) is 0. The van der Waals surface area contributed by atoms with Crippen molar-refractivity contribution in [3.63, 3.8) is 0 Å². The molecule has 0 amide bonds. The minimum atomic E-state index is 0.410. The summed E-state index contributed by atoms with van der Waals surface area (Å²) in [7, 11) is 0. The van der Waals surface area contributed by atoms with E-state index in [0.717, 1.165) is 24.2 Å². The molecular weight excluding hydrogens is 280 g/mol. The first kappa shape index (κ1) is 17.3. The maximum atomic E-state index is 4.91. The van der Waals surface area contributed by atoms with Gasteiger partial charge in [0, 0.05) is 29.4 Å². The van der Waals surface area contributed by atoms with Crippen LogP contribution in [-0.2, 0) is 0 Å². The van der Waals surface area contributed by atoms with Gasteiger partial charge in [-0.15, -0.1) is 6.58 Å². The molecule has 1 unspecified atom stereocenters. The van der Waals surface area contributed by atoms with Crippen LogP contribution in [0.1, 0.15) is 47.5 Å². The lowest BCUT2D eigenvalue weighted by atomic mass is 10.0. The van der Waals surface area contributed by atoms with Crippen LogP contribution in [0.2, 0.25) is 0 Å². The molecule has 0 N–H and O–H groups in total. The molecule has 0 radical (unpaired) electrons. The molecule has 0 saturated carbocycles. The van der Waals surface area contributed by atoms with E-state index in [-0.39, 0.29) is 0 Å². The predicted molar refractivity (Wildman–Crippen MR) is 103 cm³/mol. The third-order valence-electron chi connectivity index (χ3n) is 4.22. The minimum absolute atomic E-state index is 0.410. The van der Waals surface area contributed by atoms with Crippen molar-refractivity contribution in [3.05, 3.63) is 59.8 Å². The van der Waals surface area contributed by atoms with E-state index < -0.39 is 0 Å². The van der Waals surface area contributed by atoms with Crippen LogP contribution < -0.4 is 4.90 Å². The predicted octanol–water partition coefficient (Wildman–Crippen LogP) is 6.19. The smallest absolute Gasteiger partial charge is 0.0870 e. The summed E-state index contributed by atoms with van der Waals surface area (Å²) in [6.45, 7) is 14.9. The lowest BCUT2D eigenvalue weighted by Crippen LogP contribution is -2.32. The molecule has 1 atom stereocenters. The van der Waals surface area contributed by atoms with Gasteiger partial charge < -0.3 is 4.90 Å². The second-order valence-electron chi connectivity index (χ2n) is 6.39. The molecule has 1 aromatic rings. The van der Waals surface area contributed by atoms with Crippen molar-refractivity contribution in [2.45, 2.75) is 53.5 Å². The van der Waals surface area contributed by atoms with Crippen molar-refractivity contribution in [1.29, 1.82) is 0 Å². The fourth-order valence-electron chi connectivity index (χ4n) is 2.99. The van der Waals surface area contributed by atoms with Crippen molar-refractivity contribution in [2.75, 3.05) is 4.90 Å². The molecule has 0 bridgehead atoms. The van der Waals surface area contributed by atoms with Crippen LogP contribution >= 0.6 is 0 Å². The highest BCUT2D eigenvalue weighted by molar-refractivity contribution is 6.05. The van der Waals surface area contributed by atoms with Crippen molar-refractivity contribution in [1.82, 2.24) is 0 Å². The average molecular weight is 308 g/mol. The monoisotopic (exact) mass is 308 g/mol. The summed E-state index contributed by atoms with van der Waals surface area (Å²) in [5, 5.41) is 0. The van der Waals surface area contributed by atoms with Gasteiger partial charge in [-0.05, 0) is 46.2 Å². The molecule has 1 aromatic carbocycles. The third kappa shape index (κ3) is 3.64. The Labute approximate surface area is 140 Å². The summed E-state index contributed by atoms with van der Waals surface area (Å²) in [6.07, 6.45) is 6.16. The SMILES string of the molecule is C=CCC1=C(C=C(C)C)C(C)=Nc2ccccc2N1C(C)CC. The maximum Gasteiger partial charge on any atom is 0.0870 e. The van der Waals surface area contributed by atoms with Crippen LogP contribution in [0.5, 0.6) is 0 Å². The summed E-state index contributed by atoms with van der Waals surface area (Å²) in [5.41, 5.74) is 7.11. The Morgan fingerprint density at radius 2 is 2.00 bits per heavy atom. The number of benzene rings is 1. The van der Waals surface area contributed by atoms with E-state index in [1.54, 1.807) is 0 Å². The Balaban J connectivity index is 2.78. The zero-order valence-corrected chi connectivity index (χ0v) is 15.1. The van der Waals surface area contributed by atoms with E-state index in [9.17, 15) is 0 Å². The van der Waals surface area contributed by atoms with E-state index in [2.05, 4.69) is 76.4 Å². The fraction of sp³-hybridized carbons (Fsp3) is 0.381. The van der Waals surface area contributed by atoms with Gasteiger partial charge in [0.05, 0.1) is 11.4 Å². The molecule has 0 saturated heterocycles. The van der Waals surface area contributed by atoms with Crippen LogP contribution in [0.4, 0.5) is 11.4 Å².